The van der Waals surface area contributed by atoms with Crippen molar-refractivity contribution in [1.82, 2.24) is 4.98 Å². The van der Waals surface area contributed by atoms with E-state index < -0.39 is 0 Å². The van der Waals surface area contributed by atoms with Crippen LogP contribution in [0.5, 0.6) is 11.5 Å². The van der Waals surface area contributed by atoms with Crippen molar-refractivity contribution in [1.29, 1.82) is 5.26 Å². The summed E-state index contributed by atoms with van der Waals surface area (Å²) >= 11 is 2.93. The second-order valence-electron chi connectivity index (χ2n) is 4.78. The van der Waals surface area contributed by atoms with Crippen molar-refractivity contribution in [2.24, 2.45) is 0 Å². The lowest BCUT2D eigenvalue weighted by Gasteiger charge is -2.07. The molecule has 0 atom stereocenters. The van der Waals surface area contributed by atoms with E-state index >= 15 is 0 Å². The number of methoxy groups -OCH3 is 2. The van der Waals surface area contributed by atoms with E-state index in [9.17, 15) is 5.26 Å². The van der Waals surface area contributed by atoms with E-state index in [-0.39, 0.29) is 0 Å². The summed E-state index contributed by atoms with van der Waals surface area (Å²) in [5.74, 6) is 1.40. The lowest BCUT2D eigenvalue weighted by atomic mass is 10.1. The fraction of sp³-hybridized carbons (Fsp3) is 0.111. The van der Waals surface area contributed by atoms with Gasteiger partial charge in [-0.25, -0.2) is 4.98 Å². The first-order valence-electron chi connectivity index (χ1n) is 7.10. The molecule has 4 nitrogen and oxygen atoms in total. The summed E-state index contributed by atoms with van der Waals surface area (Å²) in [6.45, 7) is 0. The minimum atomic E-state index is 0.542. The second-order valence-corrected chi connectivity index (χ2v) is 7.10. The minimum Gasteiger partial charge on any atom is -0.497 e. The number of para-hydroxylation sites is 1. The van der Waals surface area contributed by atoms with Crippen molar-refractivity contribution in [3.63, 3.8) is 0 Å². The van der Waals surface area contributed by atoms with Gasteiger partial charge in [0.2, 0.25) is 0 Å². The monoisotopic (exact) mass is 354 g/mol. The van der Waals surface area contributed by atoms with Gasteiger partial charge in [0.1, 0.15) is 17.6 Å². The van der Waals surface area contributed by atoms with Gasteiger partial charge in [-0.3, -0.25) is 0 Å². The number of rotatable bonds is 5. The summed E-state index contributed by atoms with van der Waals surface area (Å²) in [4.78, 5) is 5.09. The lowest BCUT2D eigenvalue weighted by Crippen LogP contribution is -1.90. The number of nitriles is 1. The highest BCUT2D eigenvalue weighted by Crippen LogP contribution is 2.35. The summed E-state index contributed by atoms with van der Waals surface area (Å²) in [5, 5.41) is 9.48. The molecule has 0 radical (unpaired) electrons. The highest BCUT2D eigenvalue weighted by molar-refractivity contribution is 8.05. The lowest BCUT2D eigenvalue weighted by molar-refractivity contribution is 0.402. The Hall–Kier alpha value is -2.49. The topological polar surface area (TPSA) is 55.1 Å². The van der Waals surface area contributed by atoms with Crippen LogP contribution in [0, 0.1) is 11.3 Å². The third-order valence-electron chi connectivity index (χ3n) is 3.31. The molecule has 1 heterocycles. The van der Waals surface area contributed by atoms with Gasteiger partial charge in [-0.2, -0.15) is 5.26 Å². The van der Waals surface area contributed by atoms with E-state index in [1.807, 2.05) is 42.5 Å². The molecule has 0 aliphatic carbocycles. The number of aromatic nitrogens is 1. The molecular weight excluding hydrogens is 340 g/mol. The van der Waals surface area contributed by atoms with Gasteiger partial charge in [0.05, 0.1) is 29.3 Å². The van der Waals surface area contributed by atoms with Gasteiger partial charge in [-0.15, -0.1) is 11.3 Å². The molecule has 0 amide bonds. The number of allylic oxidation sites excluding steroid dienone is 1. The molecule has 6 heteroatoms. The zero-order chi connectivity index (χ0) is 16.9. The van der Waals surface area contributed by atoms with Crippen molar-refractivity contribution in [2.75, 3.05) is 14.2 Å². The Bertz CT molecular complexity index is 909. The predicted molar refractivity (Wildman–Crippen MR) is 98.6 cm³/mol. The molecule has 120 valence electrons. The normalized spacial score (nSPS) is 11.3. The highest BCUT2D eigenvalue weighted by Gasteiger charge is 2.09. The summed E-state index contributed by atoms with van der Waals surface area (Å²) in [7, 11) is 3.21. The molecule has 0 saturated heterocycles. The smallest absolute Gasteiger partial charge is 0.156 e. The molecule has 2 aromatic carbocycles. The maximum absolute atomic E-state index is 9.48. The second kappa shape index (κ2) is 7.39. The first-order valence-corrected chi connectivity index (χ1v) is 8.74. The SMILES string of the molecule is COc1ccc(OC)c(/C=C(/C#N)Sc2nc3ccccc3s2)c1. The van der Waals surface area contributed by atoms with Gasteiger partial charge in [0.15, 0.2) is 4.34 Å². The number of nitrogens with zero attached hydrogens (tertiary/aromatic N) is 2. The Morgan fingerprint density at radius 2 is 2.04 bits per heavy atom. The number of ether oxygens (including phenoxy) is 2. The van der Waals surface area contributed by atoms with Gasteiger partial charge in [0.25, 0.3) is 0 Å². The first kappa shape index (κ1) is 16.4. The minimum absolute atomic E-state index is 0.542. The van der Waals surface area contributed by atoms with Crippen molar-refractivity contribution in [3.05, 3.63) is 52.9 Å². The predicted octanol–water partition coefficient (Wildman–Crippen LogP) is 4.97. The number of hydrogen-bond donors (Lipinski definition) is 0. The van der Waals surface area contributed by atoms with Crippen LogP contribution in [0.15, 0.2) is 51.7 Å². The van der Waals surface area contributed by atoms with Crippen LogP contribution in [0.2, 0.25) is 0 Å². The Kier molecular flexibility index (Phi) is 5.04. The fourth-order valence-corrected chi connectivity index (χ4v) is 4.13. The number of hydrogen-bond acceptors (Lipinski definition) is 6. The van der Waals surface area contributed by atoms with Crippen LogP contribution >= 0.6 is 23.1 Å². The van der Waals surface area contributed by atoms with Crippen LogP contribution in [-0.2, 0) is 0 Å². The zero-order valence-electron chi connectivity index (χ0n) is 13.1. The van der Waals surface area contributed by atoms with Crippen LogP contribution < -0.4 is 9.47 Å². The van der Waals surface area contributed by atoms with Gasteiger partial charge < -0.3 is 9.47 Å². The number of thiazole rings is 1. The average molecular weight is 354 g/mol. The maximum Gasteiger partial charge on any atom is 0.156 e. The standard InChI is InChI=1S/C18H14N2O2S2/c1-21-13-7-8-16(22-2)12(9-13)10-14(11-19)23-18-20-15-5-3-4-6-17(15)24-18/h3-10H,1-2H3/b14-10-. The maximum atomic E-state index is 9.48. The molecule has 0 N–H and O–H groups in total. The molecule has 3 rings (SSSR count). The van der Waals surface area contributed by atoms with Crippen molar-refractivity contribution in [3.8, 4) is 17.6 Å². The molecule has 0 aliphatic heterocycles. The molecule has 0 saturated carbocycles. The highest BCUT2D eigenvalue weighted by atomic mass is 32.2. The van der Waals surface area contributed by atoms with Crippen molar-refractivity contribution < 1.29 is 9.47 Å². The number of fused-ring (bicyclic) bond motifs is 1. The van der Waals surface area contributed by atoms with Crippen LogP contribution in [-0.4, -0.2) is 19.2 Å². The Labute approximate surface area is 148 Å². The van der Waals surface area contributed by atoms with Crippen LogP contribution in [0.3, 0.4) is 0 Å². The van der Waals surface area contributed by atoms with E-state index in [1.54, 1.807) is 31.6 Å². The van der Waals surface area contributed by atoms with Gasteiger partial charge >= 0.3 is 0 Å². The van der Waals surface area contributed by atoms with E-state index in [1.165, 1.54) is 11.8 Å². The molecule has 0 bridgehead atoms. The zero-order valence-corrected chi connectivity index (χ0v) is 14.8. The Morgan fingerprint density at radius 1 is 1.21 bits per heavy atom. The number of benzene rings is 2. The van der Waals surface area contributed by atoms with E-state index in [0.717, 1.165) is 20.1 Å². The molecule has 0 aliphatic rings. The van der Waals surface area contributed by atoms with E-state index in [2.05, 4.69) is 11.1 Å². The third-order valence-corrected chi connectivity index (χ3v) is 5.33. The molecule has 0 fully saturated rings. The molecular formula is C18H14N2O2S2. The molecule has 3 aromatic rings. The Balaban J connectivity index is 1.93. The largest absolute Gasteiger partial charge is 0.497 e. The van der Waals surface area contributed by atoms with Crippen molar-refractivity contribution >= 4 is 39.4 Å². The molecule has 1 aromatic heterocycles. The van der Waals surface area contributed by atoms with Gasteiger partial charge in [0, 0.05) is 5.56 Å². The molecule has 0 spiro atoms. The van der Waals surface area contributed by atoms with E-state index in [4.69, 9.17) is 9.47 Å². The fourth-order valence-electron chi connectivity index (χ4n) is 2.17. The van der Waals surface area contributed by atoms with E-state index in [0.29, 0.717) is 16.4 Å². The number of thioether (sulfide) groups is 1. The average Bonchev–Trinajstić information content (AvgIpc) is 3.03. The summed E-state index contributed by atoms with van der Waals surface area (Å²) in [6.07, 6.45) is 1.79. The third kappa shape index (κ3) is 3.53. The molecule has 0 unspecified atom stereocenters. The summed E-state index contributed by atoms with van der Waals surface area (Å²) in [5.41, 5.74) is 1.74. The van der Waals surface area contributed by atoms with Crippen LogP contribution in [0.25, 0.3) is 16.3 Å². The molecule has 24 heavy (non-hydrogen) atoms. The van der Waals surface area contributed by atoms with Gasteiger partial charge in [-0.05, 0) is 48.2 Å². The van der Waals surface area contributed by atoms with Crippen molar-refractivity contribution in [2.45, 2.75) is 4.34 Å². The summed E-state index contributed by atoms with van der Waals surface area (Å²) < 4.78 is 12.5. The Morgan fingerprint density at radius 3 is 2.75 bits per heavy atom. The van der Waals surface area contributed by atoms with Gasteiger partial charge in [-0.1, -0.05) is 12.1 Å². The summed E-state index contributed by atoms with van der Waals surface area (Å²) in [6, 6.07) is 15.6. The van der Waals surface area contributed by atoms with Crippen LogP contribution in [0.4, 0.5) is 0 Å². The van der Waals surface area contributed by atoms with Crippen LogP contribution in [0.1, 0.15) is 5.56 Å². The first-order chi connectivity index (χ1) is 11.7. The quantitative estimate of drug-likeness (QED) is 0.478.